The van der Waals surface area contributed by atoms with Crippen LogP contribution in [0.25, 0.3) is 0 Å². The first kappa shape index (κ1) is 14.8. The van der Waals surface area contributed by atoms with Crippen LogP contribution >= 0.6 is 0 Å². The van der Waals surface area contributed by atoms with Crippen molar-refractivity contribution in [1.82, 2.24) is 5.32 Å². The van der Waals surface area contributed by atoms with Crippen molar-refractivity contribution in [2.45, 2.75) is 25.8 Å². The van der Waals surface area contributed by atoms with E-state index in [1.165, 1.54) is 32.1 Å². The highest BCUT2D eigenvalue weighted by atomic mass is 19.1. The number of methoxy groups -OCH3 is 1. The zero-order chi connectivity index (χ0) is 14.5. The van der Waals surface area contributed by atoms with Crippen LogP contribution in [0, 0.1) is 11.7 Å². The van der Waals surface area contributed by atoms with Gasteiger partial charge in [-0.05, 0) is 49.9 Å². The molecular formula is C15H20FNO3. The molecule has 0 aromatic heterocycles. The number of nitrogens with one attached hydrogen (secondary N) is 1. The van der Waals surface area contributed by atoms with E-state index in [1.807, 2.05) is 0 Å². The molecule has 0 spiro atoms. The van der Waals surface area contributed by atoms with Crippen LogP contribution in [0.5, 0.6) is 5.75 Å². The Kier molecular flexibility index (Phi) is 4.95. The summed E-state index contributed by atoms with van der Waals surface area (Å²) in [5, 5.41) is 3.17. The number of carbonyl (C=O) groups is 1. The zero-order valence-electron chi connectivity index (χ0n) is 11.8. The summed E-state index contributed by atoms with van der Waals surface area (Å²) >= 11 is 0. The van der Waals surface area contributed by atoms with Gasteiger partial charge in [-0.25, -0.2) is 9.18 Å². The van der Waals surface area contributed by atoms with Crippen molar-refractivity contribution in [2.75, 3.05) is 20.3 Å². The van der Waals surface area contributed by atoms with E-state index in [4.69, 9.17) is 9.47 Å². The van der Waals surface area contributed by atoms with Crippen molar-refractivity contribution in [2.24, 2.45) is 5.92 Å². The minimum absolute atomic E-state index is 0.165. The molecule has 0 radical (unpaired) electrons. The van der Waals surface area contributed by atoms with Gasteiger partial charge in [0.05, 0.1) is 13.7 Å². The second-order valence-corrected chi connectivity index (χ2v) is 4.93. The Labute approximate surface area is 118 Å². The lowest BCUT2D eigenvalue weighted by Gasteiger charge is -2.18. The highest BCUT2D eigenvalue weighted by Crippen LogP contribution is 2.29. The lowest BCUT2D eigenvalue weighted by atomic mass is 10.1. The summed E-state index contributed by atoms with van der Waals surface area (Å²) in [5.41, 5.74) is 0.558. The zero-order valence-corrected chi connectivity index (χ0v) is 11.8. The predicted octanol–water partition coefficient (Wildman–Crippen LogP) is 2.44. The van der Waals surface area contributed by atoms with Gasteiger partial charge in [0.2, 0.25) is 0 Å². The maximum absolute atomic E-state index is 13.8. The molecule has 0 bridgehead atoms. The van der Waals surface area contributed by atoms with Crippen molar-refractivity contribution >= 4 is 5.97 Å². The average molecular weight is 281 g/mol. The fourth-order valence-electron chi connectivity index (χ4n) is 2.03. The third kappa shape index (κ3) is 3.70. The first-order chi connectivity index (χ1) is 9.65. The third-order valence-corrected chi connectivity index (χ3v) is 3.34. The van der Waals surface area contributed by atoms with Gasteiger partial charge in [0.1, 0.15) is 6.04 Å². The maximum Gasteiger partial charge on any atom is 0.327 e. The van der Waals surface area contributed by atoms with Crippen LogP contribution in [0.3, 0.4) is 0 Å². The highest BCUT2D eigenvalue weighted by molar-refractivity contribution is 5.77. The Bertz CT molecular complexity index is 474. The van der Waals surface area contributed by atoms with E-state index in [0.29, 0.717) is 18.1 Å². The van der Waals surface area contributed by atoms with E-state index in [-0.39, 0.29) is 11.7 Å². The van der Waals surface area contributed by atoms with Gasteiger partial charge >= 0.3 is 5.97 Å². The molecule has 1 unspecified atom stereocenters. The Balaban J connectivity index is 2.14. The molecule has 20 heavy (non-hydrogen) atoms. The molecule has 0 aliphatic heterocycles. The number of rotatable bonds is 7. The van der Waals surface area contributed by atoms with Gasteiger partial charge in [-0.15, -0.1) is 0 Å². The summed E-state index contributed by atoms with van der Waals surface area (Å²) in [6, 6.07) is 3.90. The molecule has 2 rings (SSSR count). The minimum atomic E-state index is -0.629. The monoisotopic (exact) mass is 281 g/mol. The van der Waals surface area contributed by atoms with Crippen molar-refractivity contribution in [3.8, 4) is 5.75 Å². The lowest BCUT2D eigenvalue weighted by molar-refractivity contribution is -0.145. The number of benzene rings is 1. The predicted molar refractivity (Wildman–Crippen MR) is 73.1 cm³/mol. The van der Waals surface area contributed by atoms with E-state index in [1.54, 1.807) is 13.0 Å². The van der Waals surface area contributed by atoms with Gasteiger partial charge in [0, 0.05) is 0 Å². The van der Waals surface area contributed by atoms with E-state index < -0.39 is 11.9 Å². The van der Waals surface area contributed by atoms with Crippen molar-refractivity contribution in [3.63, 3.8) is 0 Å². The standard InChI is InChI=1S/C15H20FNO3/c1-3-20-15(18)14(17-9-10-4-5-10)11-6-7-13(19-2)12(16)8-11/h6-8,10,14,17H,3-5,9H2,1-2H3. The van der Waals surface area contributed by atoms with Crippen molar-refractivity contribution in [1.29, 1.82) is 0 Å². The van der Waals surface area contributed by atoms with Crippen LogP contribution in [0.4, 0.5) is 4.39 Å². The molecule has 0 heterocycles. The smallest absolute Gasteiger partial charge is 0.327 e. The minimum Gasteiger partial charge on any atom is -0.494 e. The fourth-order valence-corrected chi connectivity index (χ4v) is 2.03. The molecule has 1 saturated carbocycles. The summed E-state index contributed by atoms with van der Waals surface area (Å²) in [7, 11) is 1.41. The van der Waals surface area contributed by atoms with Gasteiger partial charge in [-0.1, -0.05) is 6.07 Å². The molecule has 5 heteroatoms. The molecule has 1 aliphatic carbocycles. The Morgan fingerprint density at radius 1 is 1.50 bits per heavy atom. The van der Waals surface area contributed by atoms with E-state index in [2.05, 4.69) is 5.32 Å². The number of esters is 1. The molecule has 0 amide bonds. The number of hydrogen-bond acceptors (Lipinski definition) is 4. The number of ether oxygens (including phenoxy) is 2. The van der Waals surface area contributed by atoms with Crippen molar-refractivity contribution in [3.05, 3.63) is 29.6 Å². The molecule has 1 aliphatic rings. The fraction of sp³-hybridized carbons (Fsp3) is 0.533. The molecule has 110 valence electrons. The summed E-state index contributed by atoms with van der Waals surface area (Å²) in [4.78, 5) is 12.0. The average Bonchev–Trinajstić information content (AvgIpc) is 3.23. The summed E-state index contributed by atoms with van der Waals surface area (Å²) < 4.78 is 23.7. The molecule has 1 fully saturated rings. The maximum atomic E-state index is 13.8. The van der Waals surface area contributed by atoms with Gasteiger partial charge in [0.25, 0.3) is 0 Å². The molecule has 1 aromatic carbocycles. The van der Waals surface area contributed by atoms with Crippen LogP contribution in [0.2, 0.25) is 0 Å². The Morgan fingerprint density at radius 3 is 2.80 bits per heavy atom. The Hall–Kier alpha value is -1.62. The largest absolute Gasteiger partial charge is 0.494 e. The normalized spacial score (nSPS) is 15.8. The lowest BCUT2D eigenvalue weighted by Crippen LogP contribution is -2.31. The third-order valence-electron chi connectivity index (χ3n) is 3.34. The first-order valence-electron chi connectivity index (χ1n) is 6.89. The second-order valence-electron chi connectivity index (χ2n) is 4.93. The van der Waals surface area contributed by atoms with Crippen molar-refractivity contribution < 1.29 is 18.7 Å². The molecule has 1 atom stereocenters. The molecule has 1 aromatic rings. The summed E-state index contributed by atoms with van der Waals surface area (Å²) in [5.74, 6) is -0.0705. The van der Waals surface area contributed by atoms with E-state index in [9.17, 15) is 9.18 Å². The number of hydrogen-bond donors (Lipinski definition) is 1. The van der Waals surface area contributed by atoms with Crippen LogP contribution in [0.1, 0.15) is 31.4 Å². The Morgan fingerprint density at radius 2 is 2.25 bits per heavy atom. The van der Waals surface area contributed by atoms with E-state index >= 15 is 0 Å². The quantitative estimate of drug-likeness (QED) is 0.780. The van der Waals surface area contributed by atoms with Gasteiger partial charge in [0.15, 0.2) is 11.6 Å². The second kappa shape index (κ2) is 6.70. The first-order valence-corrected chi connectivity index (χ1v) is 6.89. The molecule has 0 saturated heterocycles. The topological polar surface area (TPSA) is 47.6 Å². The van der Waals surface area contributed by atoms with Crippen LogP contribution in [0.15, 0.2) is 18.2 Å². The molecular weight excluding hydrogens is 261 g/mol. The van der Waals surface area contributed by atoms with Gasteiger partial charge in [-0.2, -0.15) is 0 Å². The van der Waals surface area contributed by atoms with Crippen LogP contribution < -0.4 is 10.1 Å². The SMILES string of the molecule is CCOC(=O)C(NCC1CC1)c1ccc(OC)c(F)c1. The highest BCUT2D eigenvalue weighted by Gasteiger charge is 2.27. The summed E-state index contributed by atoms with van der Waals surface area (Å²) in [6.07, 6.45) is 2.36. The van der Waals surface area contributed by atoms with Crippen LogP contribution in [-0.4, -0.2) is 26.2 Å². The number of halogens is 1. The molecule has 1 N–H and O–H groups in total. The van der Waals surface area contributed by atoms with Gasteiger partial charge < -0.3 is 14.8 Å². The van der Waals surface area contributed by atoms with E-state index in [0.717, 1.165) is 6.54 Å². The molecule has 4 nitrogen and oxygen atoms in total. The number of carbonyl (C=O) groups excluding carboxylic acids is 1. The van der Waals surface area contributed by atoms with Crippen LogP contribution in [-0.2, 0) is 9.53 Å². The summed E-state index contributed by atoms with van der Waals surface area (Å²) in [6.45, 7) is 2.81. The van der Waals surface area contributed by atoms with Gasteiger partial charge in [-0.3, -0.25) is 0 Å².